The van der Waals surface area contributed by atoms with Gasteiger partial charge in [-0.15, -0.1) is 0 Å². The van der Waals surface area contributed by atoms with E-state index in [2.05, 4.69) is 22.0 Å². The maximum Gasteiger partial charge on any atom is 0.259 e. The Labute approximate surface area is 167 Å². The summed E-state index contributed by atoms with van der Waals surface area (Å²) in [6.45, 7) is 7.82. The molecule has 1 aromatic carbocycles. The molecule has 0 N–H and O–H groups in total. The topological polar surface area (TPSA) is 52.8 Å². The summed E-state index contributed by atoms with van der Waals surface area (Å²) >= 11 is 0. The number of hydrogen-bond donors (Lipinski definition) is 0. The van der Waals surface area contributed by atoms with Crippen molar-refractivity contribution in [2.24, 2.45) is 0 Å². The van der Waals surface area contributed by atoms with Crippen LogP contribution in [0, 0.1) is 6.92 Å². The number of carbonyl (C=O) groups excluding carboxylic acids is 1. The lowest BCUT2D eigenvalue weighted by atomic mass is 10.0. The van der Waals surface area contributed by atoms with Crippen molar-refractivity contribution in [2.75, 3.05) is 46.3 Å². The van der Waals surface area contributed by atoms with Gasteiger partial charge in [-0.3, -0.25) is 9.69 Å². The molecule has 6 heteroatoms. The maximum atomic E-state index is 13.5. The summed E-state index contributed by atoms with van der Waals surface area (Å²) in [5.41, 5.74) is 2.20. The minimum Gasteiger partial charge on any atom is -0.360 e. The minimum atomic E-state index is 0.0543. The highest BCUT2D eigenvalue weighted by Crippen LogP contribution is 2.28. The number of piperazine rings is 1. The van der Waals surface area contributed by atoms with E-state index in [1.165, 1.54) is 12.8 Å². The van der Waals surface area contributed by atoms with Crippen LogP contribution in [0.25, 0.3) is 11.3 Å². The number of benzene rings is 1. The number of rotatable bonds is 3. The molecule has 0 aliphatic carbocycles. The number of aromatic nitrogens is 1. The first-order valence-corrected chi connectivity index (χ1v) is 10.4. The van der Waals surface area contributed by atoms with Gasteiger partial charge in [-0.25, -0.2) is 0 Å². The van der Waals surface area contributed by atoms with Gasteiger partial charge < -0.3 is 14.3 Å². The van der Waals surface area contributed by atoms with Crippen LogP contribution in [-0.2, 0) is 0 Å². The van der Waals surface area contributed by atoms with Crippen LogP contribution in [0.3, 0.4) is 0 Å². The molecule has 3 heterocycles. The van der Waals surface area contributed by atoms with Gasteiger partial charge >= 0.3 is 0 Å². The van der Waals surface area contributed by atoms with Crippen LogP contribution in [0.2, 0.25) is 0 Å². The summed E-state index contributed by atoms with van der Waals surface area (Å²) in [6, 6.07) is 10.3. The molecular weight excluding hydrogens is 352 g/mol. The van der Waals surface area contributed by atoms with Crippen molar-refractivity contribution in [2.45, 2.75) is 32.2 Å². The predicted molar refractivity (Wildman–Crippen MR) is 109 cm³/mol. The molecule has 2 aliphatic heterocycles. The Balaban J connectivity index is 1.55. The summed E-state index contributed by atoms with van der Waals surface area (Å²) in [4.78, 5) is 20.5. The third-order valence-corrected chi connectivity index (χ3v) is 6.11. The number of amides is 1. The lowest BCUT2D eigenvalue weighted by Crippen LogP contribution is -2.52. The Morgan fingerprint density at radius 3 is 2.57 bits per heavy atom. The van der Waals surface area contributed by atoms with Crippen LogP contribution < -0.4 is 0 Å². The predicted octanol–water partition coefficient (Wildman–Crippen LogP) is 2.89. The quantitative estimate of drug-likeness (QED) is 0.817. The van der Waals surface area contributed by atoms with Gasteiger partial charge in [0.1, 0.15) is 17.0 Å². The second kappa shape index (κ2) is 8.45. The number of hydrogen-bond acceptors (Lipinski definition) is 5. The highest BCUT2D eigenvalue weighted by molar-refractivity contribution is 6.00. The zero-order chi connectivity index (χ0) is 19.5. The van der Waals surface area contributed by atoms with Crippen LogP contribution in [0.5, 0.6) is 0 Å². The molecule has 1 aromatic heterocycles. The average Bonchev–Trinajstić information content (AvgIpc) is 2.94. The van der Waals surface area contributed by atoms with Gasteiger partial charge in [0.15, 0.2) is 0 Å². The Bertz CT molecular complexity index is 796. The molecular formula is C22H30N4O2. The number of likely N-dealkylation sites (tertiary alicyclic amines) is 1. The number of nitrogens with zero attached hydrogens (tertiary/aromatic N) is 4. The molecule has 2 fully saturated rings. The van der Waals surface area contributed by atoms with E-state index in [0.29, 0.717) is 23.1 Å². The molecule has 0 saturated carbocycles. The molecule has 28 heavy (non-hydrogen) atoms. The third-order valence-electron chi connectivity index (χ3n) is 6.11. The first-order chi connectivity index (χ1) is 13.6. The van der Waals surface area contributed by atoms with Gasteiger partial charge in [0.2, 0.25) is 0 Å². The molecule has 1 amide bonds. The van der Waals surface area contributed by atoms with Crippen LogP contribution in [0.4, 0.5) is 0 Å². The minimum absolute atomic E-state index is 0.0543. The van der Waals surface area contributed by atoms with Crippen LogP contribution >= 0.6 is 0 Å². The van der Waals surface area contributed by atoms with Gasteiger partial charge in [-0.1, -0.05) is 41.9 Å². The summed E-state index contributed by atoms with van der Waals surface area (Å²) in [7, 11) is 2.18. The fraction of sp³-hybridized carbons (Fsp3) is 0.545. The van der Waals surface area contributed by atoms with E-state index in [1.54, 1.807) is 0 Å². The second-order valence-corrected chi connectivity index (χ2v) is 8.07. The van der Waals surface area contributed by atoms with E-state index in [1.807, 2.05) is 42.2 Å². The van der Waals surface area contributed by atoms with Gasteiger partial charge in [-0.2, -0.15) is 0 Å². The zero-order valence-electron chi connectivity index (χ0n) is 16.9. The highest BCUT2D eigenvalue weighted by atomic mass is 16.5. The van der Waals surface area contributed by atoms with Crippen molar-refractivity contribution in [3.05, 3.63) is 41.7 Å². The molecule has 6 nitrogen and oxygen atoms in total. The van der Waals surface area contributed by atoms with Gasteiger partial charge in [-0.05, 0) is 26.8 Å². The average molecular weight is 383 g/mol. The lowest BCUT2D eigenvalue weighted by Gasteiger charge is -2.39. The van der Waals surface area contributed by atoms with Crippen LogP contribution in [0.15, 0.2) is 34.9 Å². The van der Waals surface area contributed by atoms with Gasteiger partial charge in [0.25, 0.3) is 5.91 Å². The first-order valence-electron chi connectivity index (χ1n) is 10.4. The molecule has 0 spiro atoms. The SMILES string of the molecule is Cc1onc(-c2ccccc2)c1C(=O)N1CCCCC(N2CCN(C)CC2)C1. The second-order valence-electron chi connectivity index (χ2n) is 8.07. The van der Waals surface area contributed by atoms with Crippen molar-refractivity contribution >= 4 is 5.91 Å². The van der Waals surface area contributed by atoms with E-state index in [-0.39, 0.29) is 5.91 Å². The molecule has 0 bridgehead atoms. The molecule has 150 valence electrons. The van der Waals surface area contributed by atoms with Crippen LogP contribution in [-0.4, -0.2) is 78.1 Å². The van der Waals surface area contributed by atoms with E-state index < -0.39 is 0 Å². The summed E-state index contributed by atoms with van der Waals surface area (Å²) in [5.74, 6) is 0.655. The standard InChI is InChI=1S/C22H30N4O2/c1-17-20(21(23-28-17)18-8-4-3-5-9-18)22(27)26-11-7-6-10-19(16-26)25-14-12-24(2)13-15-25/h3-5,8-9,19H,6-7,10-16H2,1-2H3. The lowest BCUT2D eigenvalue weighted by molar-refractivity contribution is 0.0630. The van der Waals surface area contributed by atoms with Crippen LogP contribution in [0.1, 0.15) is 35.4 Å². The van der Waals surface area contributed by atoms with E-state index in [4.69, 9.17) is 4.52 Å². The van der Waals surface area contributed by atoms with Crippen molar-refractivity contribution in [1.82, 2.24) is 19.9 Å². The summed E-state index contributed by atoms with van der Waals surface area (Å²) < 4.78 is 5.43. The first kappa shape index (κ1) is 19.2. The molecule has 2 aromatic rings. The zero-order valence-corrected chi connectivity index (χ0v) is 16.9. The third kappa shape index (κ3) is 3.98. The number of carbonyl (C=O) groups is 1. The van der Waals surface area contributed by atoms with E-state index in [9.17, 15) is 4.79 Å². The molecule has 1 unspecified atom stereocenters. The van der Waals surface area contributed by atoms with Crippen molar-refractivity contribution in [3.8, 4) is 11.3 Å². The Morgan fingerprint density at radius 1 is 1.07 bits per heavy atom. The molecule has 1 atom stereocenters. The Morgan fingerprint density at radius 2 is 1.82 bits per heavy atom. The summed E-state index contributed by atoms with van der Waals surface area (Å²) in [5, 5.41) is 4.20. The highest BCUT2D eigenvalue weighted by Gasteiger charge is 2.31. The Kier molecular flexibility index (Phi) is 5.78. The largest absolute Gasteiger partial charge is 0.360 e. The normalized spacial score (nSPS) is 22.2. The molecule has 4 rings (SSSR count). The molecule has 2 saturated heterocycles. The van der Waals surface area contributed by atoms with Crippen molar-refractivity contribution in [3.63, 3.8) is 0 Å². The smallest absolute Gasteiger partial charge is 0.259 e. The Hall–Kier alpha value is -2.18. The van der Waals surface area contributed by atoms with Gasteiger partial charge in [0.05, 0.1) is 0 Å². The monoisotopic (exact) mass is 382 g/mol. The fourth-order valence-corrected chi connectivity index (χ4v) is 4.36. The molecule has 2 aliphatic rings. The summed E-state index contributed by atoms with van der Waals surface area (Å²) in [6.07, 6.45) is 3.40. The molecule has 0 radical (unpaired) electrons. The number of aryl methyl sites for hydroxylation is 1. The maximum absolute atomic E-state index is 13.5. The fourth-order valence-electron chi connectivity index (χ4n) is 4.36. The van der Waals surface area contributed by atoms with Crippen molar-refractivity contribution in [1.29, 1.82) is 0 Å². The van der Waals surface area contributed by atoms with E-state index >= 15 is 0 Å². The van der Waals surface area contributed by atoms with Gasteiger partial charge in [0, 0.05) is 50.9 Å². The van der Waals surface area contributed by atoms with Crippen molar-refractivity contribution < 1.29 is 9.32 Å². The number of likely N-dealkylation sites (N-methyl/N-ethyl adjacent to an activating group) is 1. The van der Waals surface area contributed by atoms with E-state index in [0.717, 1.165) is 51.3 Å².